The highest BCUT2D eigenvalue weighted by atomic mass is 35.5. The Bertz CT molecular complexity index is 972. The molecule has 0 aliphatic carbocycles. The van der Waals surface area contributed by atoms with Gasteiger partial charge in [-0.3, -0.25) is 20.2 Å². The largest absolute Gasteiger partial charge is 0.382 e. The highest BCUT2D eigenvalue weighted by molar-refractivity contribution is 6.33. The van der Waals surface area contributed by atoms with Gasteiger partial charge in [-0.05, 0) is 24.3 Å². The van der Waals surface area contributed by atoms with Gasteiger partial charge in [0.2, 0.25) is 12.1 Å². The van der Waals surface area contributed by atoms with Crippen LogP contribution in [-0.4, -0.2) is 37.9 Å². The lowest BCUT2D eigenvalue weighted by Crippen LogP contribution is -2.28. The molecule has 1 aliphatic heterocycles. The number of aromatic nitrogens is 4. The van der Waals surface area contributed by atoms with Crippen LogP contribution >= 0.6 is 11.6 Å². The molecule has 1 aromatic carbocycles. The second kappa shape index (κ2) is 6.93. The van der Waals surface area contributed by atoms with Gasteiger partial charge in [-0.2, -0.15) is 4.98 Å². The highest BCUT2D eigenvalue weighted by Gasteiger charge is 2.29. The van der Waals surface area contributed by atoms with Gasteiger partial charge in [0.25, 0.3) is 5.91 Å². The fourth-order valence-corrected chi connectivity index (χ4v) is 2.73. The van der Waals surface area contributed by atoms with Crippen LogP contribution in [0, 0.1) is 0 Å². The van der Waals surface area contributed by atoms with Gasteiger partial charge in [-0.15, -0.1) is 5.10 Å². The van der Waals surface area contributed by atoms with Gasteiger partial charge in [0.05, 0.1) is 10.7 Å². The fraction of sp³-hybridized carbons (Fsp3) is 0.118. The standard InChI is InChI=1S/C17H13ClN6O2/c18-12-6-2-1-5-11(12)15-20-17(23-22-15)21-16(25)14-8-13(24-26-14)10-4-3-7-19-9-10/h1-7,9,14H,8H2,(H2,20,21,22,23,25). The summed E-state index contributed by atoms with van der Waals surface area (Å²) in [7, 11) is 0. The van der Waals surface area contributed by atoms with E-state index in [0.29, 0.717) is 28.5 Å². The number of nitrogens with one attached hydrogen (secondary N) is 2. The summed E-state index contributed by atoms with van der Waals surface area (Å²) in [5, 5.41) is 13.9. The molecule has 0 radical (unpaired) electrons. The lowest BCUT2D eigenvalue weighted by Gasteiger charge is -2.06. The number of aromatic amines is 1. The summed E-state index contributed by atoms with van der Waals surface area (Å²) in [5.74, 6) is 0.228. The summed E-state index contributed by atoms with van der Waals surface area (Å²) in [6.45, 7) is 0. The summed E-state index contributed by atoms with van der Waals surface area (Å²) in [5.41, 5.74) is 2.19. The molecule has 0 saturated carbocycles. The molecular weight excluding hydrogens is 356 g/mol. The Hall–Kier alpha value is -3.26. The van der Waals surface area contributed by atoms with Gasteiger partial charge < -0.3 is 4.84 Å². The maximum Gasteiger partial charge on any atom is 0.271 e. The molecule has 1 aliphatic rings. The minimum atomic E-state index is -0.743. The minimum absolute atomic E-state index is 0.142. The van der Waals surface area contributed by atoms with Crippen molar-refractivity contribution in [2.45, 2.75) is 12.5 Å². The average molecular weight is 369 g/mol. The fourth-order valence-electron chi connectivity index (χ4n) is 2.50. The van der Waals surface area contributed by atoms with E-state index in [4.69, 9.17) is 16.4 Å². The third-order valence-corrected chi connectivity index (χ3v) is 4.14. The molecule has 0 bridgehead atoms. The number of benzene rings is 1. The van der Waals surface area contributed by atoms with E-state index < -0.39 is 6.10 Å². The maximum atomic E-state index is 12.4. The quantitative estimate of drug-likeness (QED) is 0.736. The molecule has 0 spiro atoms. The first kappa shape index (κ1) is 16.2. The van der Waals surface area contributed by atoms with Crippen molar-refractivity contribution in [3.05, 3.63) is 59.4 Å². The van der Waals surface area contributed by atoms with Crippen LogP contribution < -0.4 is 5.32 Å². The Morgan fingerprint density at radius 3 is 2.96 bits per heavy atom. The Labute approximate surface area is 153 Å². The van der Waals surface area contributed by atoms with E-state index >= 15 is 0 Å². The lowest BCUT2D eigenvalue weighted by molar-refractivity contribution is -0.125. The summed E-state index contributed by atoms with van der Waals surface area (Å²) in [6.07, 6.45) is 2.95. The molecule has 26 heavy (non-hydrogen) atoms. The maximum absolute atomic E-state index is 12.4. The monoisotopic (exact) mass is 368 g/mol. The number of halogens is 1. The van der Waals surface area contributed by atoms with Crippen molar-refractivity contribution in [1.82, 2.24) is 20.2 Å². The number of anilines is 1. The summed E-state index contributed by atoms with van der Waals surface area (Å²) >= 11 is 6.14. The SMILES string of the molecule is O=C(Nc1n[nH]c(-c2ccccc2Cl)n1)C1CC(c2cccnc2)=NO1. The summed E-state index contributed by atoms with van der Waals surface area (Å²) < 4.78 is 0. The van der Waals surface area contributed by atoms with Crippen molar-refractivity contribution in [2.24, 2.45) is 5.16 Å². The molecule has 1 unspecified atom stereocenters. The molecule has 1 amide bonds. The third kappa shape index (κ3) is 3.27. The van der Waals surface area contributed by atoms with Crippen LogP contribution in [0.2, 0.25) is 5.02 Å². The van der Waals surface area contributed by atoms with Crippen molar-refractivity contribution in [1.29, 1.82) is 0 Å². The number of rotatable bonds is 4. The van der Waals surface area contributed by atoms with Crippen LogP contribution in [0.4, 0.5) is 5.95 Å². The van der Waals surface area contributed by atoms with Gasteiger partial charge in [0.15, 0.2) is 5.82 Å². The van der Waals surface area contributed by atoms with Crippen molar-refractivity contribution in [2.75, 3.05) is 5.32 Å². The van der Waals surface area contributed by atoms with Crippen LogP contribution in [-0.2, 0) is 9.63 Å². The number of oxime groups is 1. The number of hydrogen-bond donors (Lipinski definition) is 2. The topological polar surface area (TPSA) is 105 Å². The van der Waals surface area contributed by atoms with Crippen molar-refractivity contribution in [3.63, 3.8) is 0 Å². The van der Waals surface area contributed by atoms with Crippen LogP contribution in [0.1, 0.15) is 12.0 Å². The zero-order chi connectivity index (χ0) is 17.9. The molecule has 0 saturated heterocycles. The molecule has 0 fully saturated rings. The minimum Gasteiger partial charge on any atom is -0.382 e. The Kier molecular flexibility index (Phi) is 4.32. The molecule has 9 heteroatoms. The number of carbonyl (C=O) groups excluding carboxylic acids is 1. The van der Waals surface area contributed by atoms with Crippen LogP contribution in [0.3, 0.4) is 0 Å². The summed E-state index contributed by atoms with van der Waals surface area (Å²) in [6, 6.07) is 10.9. The molecule has 130 valence electrons. The smallest absolute Gasteiger partial charge is 0.271 e. The first-order valence-corrected chi connectivity index (χ1v) is 8.20. The number of nitrogens with zero attached hydrogens (tertiary/aromatic N) is 4. The van der Waals surface area contributed by atoms with E-state index in [9.17, 15) is 4.79 Å². The molecule has 2 aromatic heterocycles. The second-order valence-electron chi connectivity index (χ2n) is 5.55. The van der Waals surface area contributed by atoms with Gasteiger partial charge in [0, 0.05) is 29.9 Å². The molecule has 4 rings (SSSR count). The Morgan fingerprint density at radius 1 is 1.27 bits per heavy atom. The van der Waals surface area contributed by atoms with Crippen molar-refractivity contribution in [3.8, 4) is 11.4 Å². The van der Waals surface area contributed by atoms with E-state index in [-0.39, 0.29) is 11.9 Å². The summed E-state index contributed by atoms with van der Waals surface area (Å²) in [4.78, 5) is 25.9. The third-order valence-electron chi connectivity index (χ3n) is 3.81. The Balaban J connectivity index is 1.41. The Morgan fingerprint density at radius 2 is 2.15 bits per heavy atom. The van der Waals surface area contributed by atoms with Crippen molar-refractivity contribution >= 4 is 29.2 Å². The van der Waals surface area contributed by atoms with Gasteiger partial charge >= 0.3 is 0 Å². The molecule has 2 N–H and O–H groups in total. The van der Waals surface area contributed by atoms with Crippen LogP contribution in [0.5, 0.6) is 0 Å². The van der Waals surface area contributed by atoms with Crippen LogP contribution in [0.25, 0.3) is 11.4 Å². The molecule has 3 aromatic rings. The molecular formula is C17H13ClN6O2. The zero-order valence-corrected chi connectivity index (χ0v) is 14.1. The van der Waals surface area contributed by atoms with E-state index in [1.54, 1.807) is 24.5 Å². The predicted octanol–water partition coefficient (Wildman–Crippen LogP) is 2.65. The van der Waals surface area contributed by atoms with E-state index in [0.717, 1.165) is 5.56 Å². The van der Waals surface area contributed by atoms with Crippen LogP contribution in [0.15, 0.2) is 53.9 Å². The number of H-pyrrole nitrogens is 1. The predicted molar refractivity (Wildman–Crippen MR) is 95.7 cm³/mol. The van der Waals surface area contributed by atoms with Gasteiger partial charge in [0.1, 0.15) is 0 Å². The first-order valence-electron chi connectivity index (χ1n) is 7.82. The highest BCUT2D eigenvalue weighted by Crippen LogP contribution is 2.25. The number of carbonyl (C=O) groups is 1. The zero-order valence-electron chi connectivity index (χ0n) is 13.4. The average Bonchev–Trinajstić information content (AvgIpc) is 3.33. The molecule has 3 heterocycles. The van der Waals surface area contributed by atoms with Gasteiger partial charge in [-0.1, -0.05) is 28.9 Å². The number of hydrogen-bond acceptors (Lipinski definition) is 6. The lowest BCUT2D eigenvalue weighted by atomic mass is 10.1. The van der Waals surface area contributed by atoms with Crippen molar-refractivity contribution < 1.29 is 9.63 Å². The number of pyridine rings is 1. The number of amides is 1. The second-order valence-corrected chi connectivity index (χ2v) is 5.96. The normalized spacial score (nSPS) is 16.0. The van der Waals surface area contributed by atoms with E-state index in [1.165, 1.54) is 0 Å². The molecule has 1 atom stereocenters. The first-order chi connectivity index (χ1) is 12.7. The molecule has 8 nitrogen and oxygen atoms in total. The van der Waals surface area contributed by atoms with E-state index in [1.807, 2.05) is 24.3 Å². The van der Waals surface area contributed by atoms with E-state index in [2.05, 4.69) is 30.6 Å². The van der Waals surface area contributed by atoms with Gasteiger partial charge in [-0.25, -0.2) is 0 Å².